The van der Waals surface area contributed by atoms with Crippen molar-refractivity contribution in [2.24, 2.45) is 0 Å². The van der Waals surface area contributed by atoms with Gasteiger partial charge in [0.2, 0.25) is 11.8 Å². The number of methoxy groups -OCH3 is 1. The van der Waals surface area contributed by atoms with Gasteiger partial charge in [-0.1, -0.05) is 6.07 Å². The lowest BCUT2D eigenvalue weighted by Gasteiger charge is -2.12. The van der Waals surface area contributed by atoms with Gasteiger partial charge in [-0.3, -0.25) is 9.59 Å². The number of anilines is 1. The molecular formula is C22H27N5O3. The first-order chi connectivity index (χ1) is 14.3. The molecule has 8 nitrogen and oxygen atoms in total. The molecule has 0 aliphatic heterocycles. The van der Waals surface area contributed by atoms with Gasteiger partial charge in [0.1, 0.15) is 5.75 Å². The molecule has 0 bridgehead atoms. The molecule has 158 valence electrons. The maximum Gasteiger partial charge on any atom is 0.243 e. The highest BCUT2D eigenvalue weighted by molar-refractivity contribution is 5.95. The molecule has 0 saturated heterocycles. The molecule has 0 atom stereocenters. The molecule has 0 unspecified atom stereocenters. The van der Waals surface area contributed by atoms with E-state index >= 15 is 0 Å². The Balaban J connectivity index is 1.56. The lowest BCUT2D eigenvalue weighted by molar-refractivity contribution is -0.124. The van der Waals surface area contributed by atoms with E-state index in [1.54, 1.807) is 17.7 Å². The van der Waals surface area contributed by atoms with Crippen LogP contribution in [0.2, 0.25) is 0 Å². The maximum atomic E-state index is 12.3. The number of carbonyl (C=O) groups is 2. The Morgan fingerprint density at radius 3 is 2.60 bits per heavy atom. The number of benzene rings is 1. The summed E-state index contributed by atoms with van der Waals surface area (Å²) in [7, 11) is 1.54. The van der Waals surface area contributed by atoms with E-state index in [0.717, 1.165) is 33.9 Å². The van der Waals surface area contributed by atoms with E-state index in [0.29, 0.717) is 17.9 Å². The Kier molecular flexibility index (Phi) is 6.34. The fraction of sp³-hybridized carbons (Fsp3) is 0.364. The van der Waals surface area contributed by atoms with Crippen molar-refractivity contribution in [2.75, 3.05) is 19.0 Å². The Hall–Kier alpha value is -3.42. The predicted molar refractivity (Wildman–Crippen MR) is 115 cm³/mol. The van der Waals surface area contributed by atoms with Gasteiger partial charge >= 0.3 is 0 Å². The highest BCUT2D eigenvalue weighted by atomic mass is 16.5. The first-order valence-electron chi connectivity index (χ1n) is 9.82. The van der Waals surface area contributed by atoms with E-state index in [4.69, 9.17) is 4.74 Å². The Morgan fingerprint density at radius 2 is 1.87 bits per heavy atom. The number of hydrogen-bond acceptors (Lipinski definition) is 5. The molecule has 3 aromatic rings. The molecule has 2 amide bonds. The number of fused-ring (bicyclic) bond motifs is 1. The second kappa shape index (κ2) is 8.94. The maximum absolute atomic E-state index is 12.3. The molecule has 2 N–H and O–H groups in total. The van der Waals surface area contributed by atoms with Crippen LogP contribution < -0.4 is 15.4 Å². The van der Waals surface area contributed by atoms with E-state index in [1.165, 1.54) is 0 Å². The lowest BCUT2D eigenvalue weighted by atomic mass is 10.1. The number of carbonyl (C=O) groups excluding carboxylic acids is 2. The number of amides is 2. The van der Waals surface area contributed by atoms with Gasteiger partial charge in [-0.25, -0.2) is 9.50 Å². The third kappa shape index (κ3) is 4.76. The molecule has 0 spiro atoms. The molecule has 0 saturated carbocycles. The minimum atomic E-state index is -0.310. The third-order valence-corrected chi connectivity index (χ3v) is 4.96. The summed E-state index contributed by atoms with van der Waals surface area (Å²) in [6.07, 6.45) is 0.787. The molecule has 2 aromatic heterocycles. The summed E-state index contributed by atoms with van der Waals surface area (Å²) in [5.74, 6) is 0.0644. The summed E-state index contributed by atoms with van der Waals surface area (Å²) in [5, 5.41) is 9.89. The first-order valence-corrected chi connectivity index (χ1v) is 9.82. The molecule has 8 heteroatoms. The van der Waals surface area contributed by atoms with Crippen molar-refractivity contribution in [3.05, 3.63) is 52.5 Å². The van der Waals surface area contributed by atoms with E-state index in [2.05, 4.69) is 20.7 Å². The number of ether oxygens (including phenoxy) is 1. The Labute approximate surface area is 175 Å². The number of rotatable bonds is 7. The molecule has 2 heterocycles. The fourth-order valence-electron chi connectivity index (χ4n) is 3.42. The largest absolute Gasteiger partial charge is 0.495 e. The van der Waals surface area contributed by atoms with Crippen molar-refractivity contribution >= 4 is 23.1 Å². The zero-order chi connectivity index (χ0) is 21.8. The van der Waals surface area contributed by atoms with Crippen LogP contribution in [-0.4, -0.2) is 40.1 Å². The van der Waals surface area contributed by atoms with Gasteiger partial charge in [0, 0.05) is 23.9 Å². The summed E-state index contributed by atoms with van der Waals surface area (Å²) in [5.41, 5.74) is 6.14. The Morgan fingerprint density at radius 1 is 1.10 bits per heavy atom. The topological polar surface area (TPSA) is 97.6 Å². The van der Waals surface area contributed by atoms with Crippen LogP contribution in [0.1, 0.15) is 34.6 Å². The number of aryl methyl sites for hydroxylation is 4. The molecule has 3 rings (SSSR count). The predicted octanol–water partition coefficient (Wildman–Crippen LogP) is 2.66. The number of nitrogens with zero attached hydrogens (tertiary/aromatic N) is 3. The zero-order valence-corrected chi connectivity index (χ0v) is 18.0. The highest BCUT2D eigenvalue weighted by Crippen LogP contribution is 2.25. The SMILES string of the molecule is COc1ccc(C)cc1NC(=O)CNC(=O)CCc1c(C)nc2cc(C)nn2c1C. The third-order valence-electron chi connectivity index (χ3n) is 4.96. The smallest absolute Gasteiger partial charge is 0.243 e. The van der Waals surface area contributed by atoms with Crippen LogP contribution in [0.25, 0.3) is 5.65 Å². The first kappa shape index (κ1) is 21.3. The van der Waals surface area contributed by atoms with Crippen LogP contribution in [0, 0.1) is 27.7 Å². The van der Waals surface area contributed by atoms with E-state index < -0.39 is 0 Å². The van der Waals surface area contributed by atoms with Crippen molar-refractivity contribution in [3.63, 3.8) is 0 Å². The molecule has 0 aliphatic carbocycles. The average molecular weight is 409 g/mol. The van der Waals surface area contributed by atoms with Gasteiger partial charge in [-0.15, -0.1) is 0 Å². The molecule has 1 aromatic carbocycles. The van der Waals surface area contributed by atoms with Crippen LogP contribution in [0.3, 0.4) is 0 Å². The second-order valence-corrected chi connectivity index (χ2v) is 7.35. The van der Waals surface area contributed by atoms with E-state index in [9.17, 15) is 9.59 Å². The highest BCUT2D eigenvalue weighted by Gasteiger charge is 2.14. The number of nitrogens with one attached hydrogen (secondary N) is 2. The second-order valence-electron chi connectivity index (χ2n) is 7.35. The van der Waals surface area contributed by atoms with E-state index in [-0.39, 0.29) is 24.8 Å². The van der Waals surface area contributed by atoms with Gasteiger partial charge in [-0.05, 0) is 57.4 Å². The van der Waals surface area contributed by atoms with E-state index in [1.807, 2.05) is 45.9 Å². The van der Waals surface area contributed by atoms with Gasteiger partial charge in [0.15, 0.2) is 5.65 Å². The molecule has 0 radical (unpaired) electrons. The monoisotopic (exact) mass is 409 g/mol. The minimum absolute atomic E-state index is 0.108. The summed E-state index contributed by atoms with van der Waals surface area (Å²) in [4.78, 5) is 29.1. The molecule has 30 heavy (non-hydrogen) atoms. The van der Waals surface area contributed by atoms with Crippen LogP contribution in [-0.2, 0) is 16.0 Å². The lowest BCUT2D eigenvalue weighted by Crippen LogP contribution is -2.33. The van der Waals surface area contributed by atoms with Crippen molar-refractivity contribution in [2.45, 2.75) is 40.5 Å². The fourth-order valence-corrected chi connectivity index (χ4v) is 3.42. The summed E-state index contributed by atoms with van der Waals surface area (Å²) in [6, 6.07) is 7.44. The van der Waals surface area contributed by atoms with Crippen LogP contribution in [0.4, 0.5) is 5.69 Å². The number of hydrogen-bond donors (Lipinski definition) is 2. The normalized spacial score (nSPS) is 10.8. The summed E-state index contributed by atoms with van der Waals surface area (Å²) in [6.45, 7) is 7.66. The van der Waals surface area contributed by atoms with Gasteiger partial charge in [0.05, 0.1) is 25.0 Å². The quantitative estimate of drug-likeness (QED) is 0.625. The molecular weight excluding hydrogens is 382 g/mol. The van der Waals surface area contributed by atoms with Gasteiger partial charge in [-0.2, -0.15) is 5.10 Å². The standard InChI is InChI=1S/C22H27N5O3/c1-13-6-8-19(30-5)18(10-13)25-22(29)12-23-21(28)9-7-17-15(3)24-20-11-14(2)26-27(20)16(17)4/h6,8,10-11H,7,9,12H2,1-5H3,(H,23,28)(H,25,29). The van der Waals surface area contributed by atoms with Gasteiger partial charge in [0.25, 0.3) is 0 Å². The average Bonchev–Trinajstić information content (AvgIpc) is 3.06. The van der Waals surface area contributed by atoms with Crippen molar-refractivity contribution in [3.8, 4) is 5.75 Å². The Bertz CT molecular complexity index is 1100. The van der Waals surface area contributed by atoms with Crippen LogP contribution in [0.5, 0.6) is 5.75 Å². The molecule has 0 fully saturated rings. The number of aromatic nitrogens is 3. The van der Waals surface area contributed by atoms with Crippen molar-refractivity contribution < 1.29 is 14.3 Å². The zero-order valence-electron chi connectivity index (χ0n) is 18.0. The van der Waals surface area contributed by atoms with Crippen LogP contribution in [0.15, 0.2) is 24.3 Å². The van der Waals surface area contributed by atoms with Gasteiger partial charge < -0.3 is 15.4 Å². The van der Waals surface area contributed by atoms with Crippen LogP contribution >= 0.6 is 0 Å². The van der Waals surface area contributed by atoms with Crippen molar-refractivity contribution in [1.29, 1.82) is 0 Å². The molecule has 0 aliphatic rings. The minimum Gasteiger partial charge on any atom is -0.495 e. The summed E-state index contributed by atoms with van der Waals surface area (Å²) >= 11 is 0. The summed E-state index contributed by atoms with van der Waals surface area (Å²) < 4.78 is 7.06. The van der Waals surface area contributed by atoms with Crippen molar-refractivity contribution in [1.82, 2.24) is 19.9 Å².